The van der Waals surface area contributed by atoms with Crippen molar-refractivity contribution in [2.75, 3.05) is 0 Å². The van der Waals surface area contributed by atoms with E-state index in [1.165, 1.54) is 38.9 Å². The predicted octanol–water partition coefficient (Wildman–Crippen LogP) is 9.29. The normalized spacial score (nSPS) is 14.1. The second-order valence-corrected chi connectivity index (χ2v) is 10.8. The average Bonchev–Trinajstić information content (AvgIpc) is 3.22. The van der Waals surface area contributed by atoms with Crippen molar-refractivity contribution in [3.05, 3.63) is 167 Å². The molecule has 0 aliphatic heterocycles. The third-order valence-corrected chi connectivity index (χ3v) is 7.93. The van der Waals surface area contributed by atoms with Crippen molar-refractivity contribution in [3.63, 3.8) is 0 Å². The molecule has 0 bridgehead atoms. The molecule has 1 aliphatic carbocycles. The Bertz CT molecular complexity index is 1690. The fraction of sp³-hybridized carbons (Fsp3) is 0.105. The molecule has 1 nitrogen and oxygen atoms in total. The monoisotopic (exact) mass is 503 g/mol. The number of fused-ring (bicyclic) bond motifs is 3. The molecular weight excluding hydrogens is 470 g/mol. The van der Waals surface area contributed by atoms with Crippen molar-refractivity contribution in [2.45, 2.75) is 25.7 Å². The lowest BCUT2D eigenvalue weighted by Gasteiger charge is -2.22. The molecule has 2 N–H and O–H groups in total. The first-order valence-corrected chi connectivity index (χ1v) is 13.6. The quantitative estimate of drug-likeness (QED) is 0.230. The average molecular weight is 504 g/mol. The van der Waals surface area contributed by atoms with E-state index in [2.05, 4.69) is 117 Å². The lowest BCUT2D eigenvalue weighted by atomic mass is 9.81. The van der Waals surface area contributed by atoms with Gasteiger partial charge in [-0.25, -0.2) is 0 Å². The summed E-state index contributed by atoms with van der Waals surface area (Å²) in [6, 6.07) is 45.3. The minimum absolute atomic E-state index is 0.00209. The van der Waals surface area contributed by atoms with Gasteiger partial charge in [-0.15, -0.1) is 0 Å². The van der Waals surface area contributed by atoms with Crippen LogP contribution in [0, 0.1) is 0 Å². The van der Waals surface area contributed by atoms with E-state index in [1.54, 1.807) is 0 Å². The van der Waals surface area contributed by atoms with Gasteiger partial charge in [0.2, 0.25) is 0 Å². The fourth-order valence-corrected chi connectivity index (χ4v) is 5.76. The SMILES string of the molecule is CC1(C)c2ccccc2-c2ccc(-c3cccc(C/C=C(\C=C(/N)c4ccccc4)c4ccccc4)c3)cc21. The molecule has 0 fully saturated rings. The number of nitrogens with two attached hydrogens (primary N) is 1. The maximum atomic E-state index is 6.52. The van der Waals surface area contributed by atoms with E-state index < -0.39 is 0 Å². The second kappa shape index (κ2) is 10.3. The standard InChI is InChI=1S/C38H33N/c1-38(2)35-19-10-9-18-33(35)34-23-22-31(25-36(34)38)30-17-11-12-27(24-30)20-21-32(28-13-5-3-6-14-28)26-37(39)29-15-7-4-8-16-29/h3-19,21-26H,20,39H2,1-2H3/b32-21+,37-26-. The lowest BCUT2D eigenvalue weighted by Crippen LogP contribution is -2.14. The predicted molar refractivity (Wildman–Crippen MR) is 166 cm³/mol. The van der Waals surface area contributed by atoms with E-state index in [0.717, 1.165) is 28.8 Å². The van der Waals surface area contributed by atoms with E-state index in [1.807, 2.05) is 36.4 Å². The van der Waals surface area contributed by atoms with Gasteiger partial charge in [-0.05, 0) is 74.2 Å². The minimum Gasteiger partial charge on any atom is -0.398 e. The van der Waals surface area contributed by atoms with Gasteiger partial charge in [0.1, 0.15) is 0 Å². The topological polar surface area (TPSA) is 26.0 Å². The van der Waals surface area contributed by atoms with Crippen molar-refractivity contribution in [1.29, 1.82) is 0 Å². The molecule has 0 heterocycles. The molecule has 0 saturated carbocycles. The fourth-order valence-electron chi connectivity index (χ4n) is 5.76. The Morgan fingerprint density at radius 2 is 1.26 bits per heavy atom. The van der Waals surface area contributed by atoms with Crippen molar-refractivity contribution < 1.29 is 0 Å². The summed E-state index contributed by atoms with van der Waals surface area (Å²) in [6.07, 6.45) is 5.19. The smallest absolute Gasteiger partial charge is 0.0393 e. The zero-order valence-electron chi connectivity index (χ0n) is 22.6. The first-order chi connectivity index (χ1) is 19.0. The summed E-state index contributed by atoms with van der Waals surface area (Å²) < 4.78 is 0. The summed E-state index contributed by atoms with van der Waals surface area (Å²) >= 11 is 0. The highest BCUT2D eigenvalue weighted by Crippen LogP contribution is 2.49. The van der Waals surface area contributed by atoms with E-state index in [0.29, 0.717) is 0 Å². The summed E-state index contributed by atoms with van der Waals surface area (Å²) in [5, 5.41) is 0. The van der Waals surface area contributed by atoms with Gasteiger partial charge in [-0.1, -0.05) is 141 Å². The molecule has 0 atom stereocenters. The van der Waals surface area contributed by atoms with Gasteiger partial charge < -0.3 is 5.73 Å². The number of benzene rings is 5. The third-order valence-electron chi connectivity index (χ3n) is 7.93. The maximum absolute atomic E-state index is 6.52. The molecule has 1 heteroatoms. The summed E-state index contributed by atoms with van der Waals surface area (Å²) in [5.74, 6) is 0. The molecule has 0 amide bonds. The van der Waals surface area contributed by atoms with Crippen LogP contribution in [0.3, 0.4) is 0 Å². The number of rotatable bonds is 6. The Morgan fingerprint density at radius 1 is 0.615 bits per heavy atom. The van der Waals surface area contributed by atoms with Crippen LogP contribution in [-0.2, 0) is 11.8 Å². The first kappa shape index (κ1) is 24.7. The molecule has 0 unspecified atom stereocenters. The maximum Gasteiger partial charge on any atom is 0.0393 e. The highest BCUT2D eigenvalue weighted by atomic mass is 14.6. The van der Waals surface area contributed by atoms with Crippen molar-refractivity contribution in [2.24, 2.45) is 5.73 Å². The van der Waals surface area contributed by atoms with Gasteiger partial charge in [0.25, 0.3) is 0 Å². The Kier molecular flexibility index (Phi) is 6.50. The van der Waals surface area contributed by atoms with Gasteiger partial charge in [0.05, 0.1) is 0 Å². The summed E-state index contributed by atoms with van der Waals surface area (Å²) in [4.78, 5) is 0. The molecule has 0 radical (unpaired) electrons. The molecule has 5 aromatic rings. The van der Waals surface area contributed by atoms with Crippen molar-refractivity contribution >= 4 is 11.3 Å². The minimum atomic E-state index is -0.00209. The van der Waals surface area contributed by atoms with Crippen molar-refractivity contribution in [3.8, 4) is 22.3 Å². The van der Waals surface area contributed by atoms with E-state index >= 15 is 0 Å². The van der Waals surface area contributed by atoms with Crippen LogP contribution >= 0.6 is 0 Å². The Morgan fingerprint density at radius 3 is 2.03 bits per heavy atom. The van der Waals surface area contributed by atoms with Gasteiger partial charge in [0.15, 0.2) is 0 Å². The van der Waals surface area contributed by atoms with Crippen LogP contribution < -0.4 is 5.73 Å². The largest absolute Gasteiger partial charge is 0.398 e. The zero-order chi connectivity index (χ0) is 26.8. The third kappa shape index (κ3) is 4.84. The van der Waals surface area contributed by atoms with Gasteiger partial charge in [-0.3, -0.25) is 0 Å². The van der Waals surface area contributed by atoms with Gasteiger partial charge in [-0.2, -0.15) is 0 Å². The zero-order valence-corrected chi connectivity index (χ0v) is 22.6. The number of allylic oxidation sites excluding steroid dienone is 3. The number of hydrogen-bond donors (Lipinski definition) is 1. The van der Waals surface area contributed by atoms with Crippen LogP contribution in [0.25, 0.3) is 33.5 Å². The van der Waals surface area contributed by atoms with Gasteiger partial charge in [0, 0.05) is 11.1 Å². The Hall–Kier alpha value is -4.62. The highest BCUT2D eigenvalue weighted by molar-refractivity contribution is 5.84. The molecule has 190 valence electrons. The van der Waals surface area contributed by atoms with Crippen LogP contribution in [-0.4, -0.2) is 0 Å². The summed E-state index contributed by atoms with van der Waals surface area (Å²) in [5.41, 5.74) is 19.9. The molecule has 39 heavy (non-hydrogen) atoms. The molecule has 6 rings (SSSR count). The summed E-state index contributed by atoms with van der Waals surface area (Å²) in [6.45, 7) is 4.67. The molecule has 0 saturated heterocycles. The van der Waals surface area contributed by atoms with Crippen molar-refractivity contribution in [1.82, 2.24) is 0 Å². The van der Waals surface area contributed by atoms with Crippen LogP contribution in [0.2, 0.25) is 0 Å². The van der Waals surface area contributed by atoms with Gasteiger partial charge >= 0.3 is 0 Å². The number of hydrogen-bond acceptors (Lipinski definition) is 1. The Balaban J connectivity index is 1.32. The molecular formula is C38H33N. The second-order valence-electron chi connectivity index (χ2n) is 10.8. The first-order valence-electron chi connectivity index (χ1n) is 13.6. The Labute approximate surface area is 232 Å². The molecule has 1 aliphatic rings. The van der Waals surface area contributed by atoms with E-state index in [9.17, 15) is 0 Å². The van der Waals surface area contributed by atoms with E-state index in [4.69, 9.17) is 5.73 Å². The lowest BCUT2D eigenvalue weighted by molar-refractivity contribution is 0.660. The van der Waals surface area contributed by atoms with E-state index in [-0.39, 0.29) is 5.41 Å². The van der Waals surface area contributed by atoms with Crippen LogP contribution in [0.1, 0.15) is 41.7 Å². The van der Waals surface area contributed by atoms with Crippen LogP contribution in [0.15, 0.2) is 140 Å². The highest BCUT2D eigenvalue weighted by Gasteiger charge is 2.35. The molecule has 0 spiro atoms. The summed E-state index contributed by atoms with van der Waals surface area (Å²) in [7, 11) is 0. The molecule has 0 aromatic heterocycles. The molecule has 5 aromatic carbocycles. The van der Waals surface area contributed by atoms with Crippen LogP contribution in [0.4, 0.5) is 0 Å². The van der Waals surface area contributed by atoms with Crippen LogP contribution in [0.5, 0.6) is 0 Å².